The van der Waals surface area contributed by atoms with E-state index in [2.05, 4.69) is 18.8 Å². The molecule has 0 spiro atoms. The molecule has 0 radical (unpaired) electrons. The molecule has 0 aliphatic carbocycles. The van der Waals surface area contributed by atoms with Crippen LogP contribution in [0.5, 0.6) is 0 Å². The lowest BCUT2D eigenvalue weighted by Crippen LogP contribution is -2.16. The first-order valence-corrected chi connectivity index (χ1v) is 5.31. The van der Waals surface area contributed by atoms with E-state index in [1.54, 1.807) is 0 Å². The number of ether oxygens (including phenoxy) is 1. The molecule has 0 aromatic rings. The molecule has 0 saturated heterocycles. The molecule has 0 rings (SSSR count). The highest BCUT2D eigenvalue weighted by atomic mass is 16.5. The lowest BCUT2D eigenvalue weighted by atomic mass is 10.3. The predicted molar refractivity (Wildman–Crippen MR) is 58.0 cm³/mol. The van der Waals surface area contributed by atoms with Gasteiger partial charge in [-0.1, -0.05) is 13.0 Å². The summed E-state index contributed by atoms with van der Waals surface area (Å²) in [6.07, 6.45) is 6.45. The van der Waals surface area contributed by atoms with Gasteiger partial charge in [0, 0.05) is 13.2 Å². The molecule has 1 N–H and O–H groups in total. The number of hydrogen-bond acceptors (Lipinski definition) is 2. The topological polar surface area (TPSA) is 21.3 Å². The van der Waals surface area contributed by atoms with E-state index in [-0.39, 0.29) is 0 Å². The summed E-state index contributed by atoms with van der Waals surface area (Å²) in [5.74, 6) is 0. The van der Waals surface area contributed by atoms with Crippen molar-refractivity contribution in [2.45, 2.75) is 32.6 Å². The van der Waals surface area contributed by atoms with Crippen LogP contribution in [0.1, 0.15) is 32.6 Å². The highest BCUT2D eigenvalue weighted by Crippen LogP contribution is 1.90. The van der Waals surface area contributed by atoms with Crippen LogP contribution >= 0.6 is 0 Å². The SMILES string of the molecule is C=CCCOCCCCNCCC. The highest BCUT2D eigenvalue weighted by molar-refractivity contribution is 4.64. The van der Waals surface area contributed by atoms with Crippen molar-refractivity contribution in [2.24, 2.45) is 0 Å². The second kappa shape index (κ2) is 11.7. The van der Waals surface area contributed by atoms with Crippen molar-refractivity contribution in [1.29, 1.82) is 0 Å². The van der Waals surface area contributed by atoms with Crippen LogP contribution in [-0.2, 0) is 4.74 Å². The van der Waals surface area contributed by atoms with Crippen LogP contribution in [-0.4, -0.2) is 26.3 Å². The van der Waals surface area contributed by atoms with Crippen LogP contribution in [0.4, 0.5) is 0 Å². The van der Waals surface area contributed by atoms with Gasteiger partial charge in [0.2, 0.25) is 0 Å². The Bertz CT molecular complexity index is 104. The van der Waals surface area contributed by atoms with Crippen LogP contribution < -0.4 is 5.32 Å². The molecule has 13 heavy (non-hydrogen) atoms. The van der Waals surface area contributed by atoms with Crippen molar-refractivity contribution in [3.63, 3.8) is 0 Å². The van der Waals surface area contributed by atoms with Crippen molar-refractivity contribution >= 4 is 0 Å². The van der Waals surface area contributed by atoms with Gasteiger partial charge in [-0.3, -0.25) is 0 Å². The summed E-state index contributed by atoms with van der Waals surface area (Å²) < 4.78 is 5.38. The van der Waals surface area contributed by atoms with E-state index in [4.69, 9.17) is 4.74 Å². The van der Waals surface area contributed by atoms with Gasteiger partial charge in [-0.2, -0.15) is 0 Å². The first-order chi connectivity index (χ1) is 6.41. The van der Waals surface area contributed by atoms with E-state index in [0.717, 1.165) is 39.1 Å². The minimum atomic E-state index is 0.825. The lowest BCUT2D eigenvalue weighted by molar-refractivity contribution is 0.135. The maximum absolute atomic E-state index is 5.38. The third-order valence-corrected chi connectivity index (χ3v) is 1.79. The van der Waals surface area contributed by atoms with E-state index in [1.165, 1.54) is 12.8 Å². The zero-order valence-corrected chi connectivity index (χ0v) is 8.85. The van der Waals surface area contributed by atoms with Crippen molar-refractivity contribution in [2.75, 3.05) is 26.3 Å². The Balaban J connectivity index is 2.79. The number of hydrogen-bond donors (Lipinski definition) is 1. The molecule has 0 bridgehead atoms. The Kier molecular flexibility index (Phi) is 11.4. The largest absolute Gasteiger partial charge is 0.381 e. The standard InChI is InChI=1S/C11H23NO/c1-3-5-10-13-11-7-6-9-12-8-4-2/h3,12H,1,4-11H2,2H3. The average Bonchev–Trinajstić information content (AvgIpc) is 2.16. The number of unbranched alkanes of at least 4 members (excludes halogenated alkanes) is 1. The van der Waals surface area contributed by atoms with Gasteiger partial charge in [0.15, 0.2) is 0 Å². The first kappa shape index (κ1) is 12.7. The van der Waals surface area contributed by atoms with Gasteiger partial charge >= 0.3 is 0 Å². The zero-order chi connectivity index (χ0) is 9.78. The Hall–Kier alpha value is -0.340. The zero-order valence-electron chi connectivity index (χ0n) is 8.85. The maximum atomic E-state index is 5.38. The monoisotopic (exact) mass is 185 g/mol. The molecule has 2 heteroatoms. The average molecular weight is 185 g/mol. The molecule has 78 valence electrons. The Morgan fingerprint density at radius 2 is 2.08 bits per heavy atom. The fourth-order valence-corrected chi connectivity index (χ4v) is 1.02. The third-order valence-electron chi connectivity index (χ3n) is 1.79. The van der Waals surface area contributed by atoms with Crippen LogP contribution in [0.2, 0.25) is 0 Å². The smallest absolute Gasteiger partial charge is 0.0500 e. The van der Waals surface area contributed by atoms with Crippen molar-refractivity contribution in [3.05, 3.63) is 12.7 Å². The Labute approximate surface area is 82.4 Å². The molecule has 0 saturated carbocycles. The molecular weight excluding hydrogens is 162 g/mol. The highest BCUT2D eigenvalue weighted by Gasteiger charge is 1.88. The van der Waals surface area contributed by atoms with Gasteiger partial charge in [-0.15, -0.1) is 6.58 Å². The minimum absolute atomic E-state index is 0.825. The quantitative estimate of drug-likeness (QED) is 0.417. The molecule has 2 nitrogen and oxygen atoms in total. The molecule has 0 aromatic heterocycles. The van der Waals surface area contributed by atoms with Gasteiger partial charge in [-0.25, -0.2) is 0 Å². The lowest BCUT2D eigenvalue weighted by Gasteiger charge is -2.03. The molecule has 0 aliphatic heterocycles. The van der Waals surface area contributed by atoms with Crippen molar-refractivity contribution < 1.29 is 4.74 Å². The van der Waals surface area contributed by atoms with Crippen molar-refractivity contribution in [3.8, 4) is 0 Å². The summed E-state index contributed by atoms with van der Waals surface area (Å²) >= 11 is 0. The van der Waals surface area contributed by atoms with E-state index < -0.39 is 0 Å². The summed E-state index contributed by atoms with van der Waals surface area (Å²) in [5, 5.41) is 3.37. The molecule has 0 heterocycles. The Morgan fingerprint density at radius 1 is 1.23 bits per heavy atom. The fourth-order valence-electron chi connectivity index (χ4n) is 1.02. The predicted octanol–water partition coefficient (Wildman–Crippen LogP) is 2.36. The second-order valence-corrected chi connectivity index (χ2v) is 3.15. The minimum Gasteiger partial charge on any atom is -0.381 e. The number of rotatable bonds is 10. The molecule has 0 amide bonds. The summed E-state index contributed by atoms with van der Waals surface area (Å²) in [7, 11) is 0. The van der Waals surface area contributed by atoms with Gasteiger partial charge in [-0.05, 0) is 38.8 Å². The van der Waals surface area contributed by atoms with E-state index in [9.17, 15) is 0 Å². The fraction of sp³-hybridized carbons (Fsp3) is 0.818. The summed E-state index contributed by atoms with van der Waals surface area (Å²) in [6, 6.07) is 0. The summed E-state index contributed by atoms with van der Waals surface area (Å²) in [5.41, 5.74) is 0. The van der Waals surface area contributed by atoms with Gasteiger partial charge < -0.3 is 10.1 Å². The van der Waals surface area contributed by atoms with Crippen molar-refractivity contribution in [1.82, 2.24) is 5.32 Å². The van der Waals surface area contributed by atoms with Crippen LogP contribution in [0.3, 0.4) is 0 Å². The summed E-state index contributed by atoms with van der Waals surface area (Å²) in [4.78, 5) is 0. The second-order valence-electron chi connectivity index (χ2n) is 3.15. The normalized spacial score (nSPS) is 10.2. The van der Waals surface area contributed by atoms with Gasteiger partial charge in [0.1, 0.15) is 0 Å². The van der Waals surface area contributed by atoms with Crippen LogP contribution in [0.25, 0.3) is 0 Å². The molecule has 0 aromatic carbocycles. The summed E-state index contributed by atoms with van der Waals surface area (Å²) in [6.45, 7) is 9.80. The maximum Gasteiger partial charge on any atom is 0.0500 e. The first-order valence-electron chi connectivity index (χ1n) is 5.31. The molecule has 0 aliphatic rings. The molecule has 0 unspecified atom stereocenters. The third kappa shape index (κ3) is 11.7. The van der Waals surface area contributed by atoms with Gasteiger partial charge in [0.05, 0.1) is 0 Å². The van der Waals surface area contributed by atoms with E-state index in [0.29, 0.717) is 0 Å². The van der Waals surface area contributed by atoms with Gasteiger partial charge in [0.25, 0.3) is 0 Å². The molecule has 0 fully saturated rings. The van der Waals surface area contributed by atoms with Crippen LogP contribution in [0.15, 0.2) is 12.7 Å². The molecule has 0 atom stereocenters. The van der Waals surface area contributed by atoms with E-state index >= 15 is 0 Å². The van der Waals surface area contributed by atoms with Crippen LogP contribution in [0, 0.1) is 0 Å². The number of nitrogens with one attached hydrogen (secondary N) is 1. The Morgan fingerprint density at radius 3 is 2.77 bits per heavy atom. The van der Waals surface area contributed by atoms with E-state index in [1.807, 2.05) is 6.08 Å². The molecular formula is C11H23NO.